The van der Waals surface area contributed by atoms with Gasteiger partial charge in [-0.25, -0.2) is 4.79 Å². The second kappa shape index (κ2) is 5.06. The van der Waals surface area contributed by atoms with Crippen LogP contribution in [-0.2, 0) is 4.74 Å². The first kappa shape index (κ1) is 13.0. The number of nitrogens with one attached hydrogen (secondary N) is 1. The Labute approximate surface area is 107 Å². The van der Waals surface area contributed by atoms with Crippen molar-refractivity contribution in [2.75, 3.05) is 24.6 Å². The predicted molar refractivity (Wildman–Crippen MR) is 70.5 cm³/mol. The second-order valence-corrected chi connectivity index (χ2v) is 6.82. The number of hydrogen-bond donors (Lipinski definition) is 1. The number of ether oxygens (including phenoxy) is 1. The molecule has 0 bridgehead atoms. The highest BCUT2D eigenvalue weighted by atomic mass is 32.2. The van der Waals surface area contributed by atoms with Crippen LogP contribution >= 0.6 is 11.8 Å². The molecule has 98 valence electrons. The molecular weight excluding hydrogens is 236 g/mol. The number of thioether (sulfide) groups is 1. The highest BCUT2D eigenvalue weighted by Gasteiger charge is 2.37. The molecule has 0 aromatic rings. The molecule has 2 saturated heterocycles. The fourth-order valence-electron chi connectivity index (χ4n) is 2.35. The number of amides is 1. The third-order valence-corrected chi connectivity index (χ3v) is 4.22. The molecule has 2 rings (SSSR count). The molecular formula is C12H22N2O2S. The number of hydrogen-bond acceptors (Lipinski definition) is 4. The highest BCUT2D eigenvalue weighted by molar-refractivity contribution is 7.99. The van der Waals surface area contributed by atoms with Crippen molar-refractivity contribution in [3.05, 3.63) is 0 Å². The van der Waals surface area contributed by atoms with Crippen LogP contribution in [0.25, 0.3) is 0 Å². The van der Waals surface area contributed by atoms with Gasteiger partial charge in [0.2, 0.25) is 0 Å². The molecule has 2 unspecified atom stereocenters. The molecule has 0 saturated carbocycles. The van der Waals surface area contributed by atoms with Crippen LogP contribution in [0.3, 0.4) is 0 Å². The summed E-state index contributed by atoms with van der Waals surface area (Å²) in [6, 6.07) is 0.759. The van der Waals surface area contributed by atoms with E-state index in [0.29, 0.717) is 12.1 Å². The first-order valence-electron chi connectivity index (χ1n) is 6.28. The van der Waals surface area contributed by atoms with E-state index in [-0.39, 0.29) is 6.09 Å². The Kier molecular flexibility index (Phi) is 3.88. The van der Waals surface area contributed by atoms with Gasteiger partial charge in [-0.2, -0.15) is 11.8 Å². The van der Waals surface area contributed by atoms with Crippen molar-refractivity contribution in [1.29, 1.82) is 0 Å². The summed E-state index contributed by atoms with van der Waals surface area (Å²) in [5.41, 5.74) is -0.404. The number of fused-ring (bicyclic) bond motifs is 1. The molecule has 0 aliphatic carbocycles. The first-order valence-corrected chi connectivity index (χ1v) is 7.43. The quantitative estimate of drug-likeness (QED) is 0.718. The average Bonchev–Trinajstić information content (AvgIpc) is 2.26. The molecule has 0 aromatic carbocycles. The van der Waals surface area contributed by atoms with E-state index in [1.807, 2.05) is 37.4 Å². The van der Waals surface area contributed by atoms with E-state index in [1.54, 1.807) is 0 Å². The first-order chi connectivity index (χ1) is 7.97. The Bertz CT molecular complexity index is 289. The molecule has 4 nitrogen and oxygen atoms in total. The van der Waals surface area contributed by atoms with Gasteiger partial charge in [0, 0.05) is 24.9 Å². The third-order valence-electron chi connectivity index (χ3n) is 3.11. The molecule has 1 N–H and O–H groups in total. The zero-order valence-electron chi connectivity index (χ0n) is 10.9. The molecule has 17 heavy (non-hydrogen) atoms. The van der Waals surface area contributed by atoms with E-state index in [1.165, 1.54) is 5.75 Å². The Balaban J connectivity index is 2.01. The summed E-state index contributed by atoms with van der Waals surface area (Å²) in [7, 11) is 0. The molecule has 2 aliphatic rings. The second-order valence-electron chi connectivity index (χ2n) is 5.67. The Morgan fingerprint density at radius 2 is 2.24 bits per heavy atom. The van der Waals surface area contributed by atoms with Crippen molar-refractivity contribution in [3.63, 3.8) is 0 Å². The molecule has 0 radical (unpaired) electrons. The van der Waals surface area contributed by atoms with Crippen molar-refractivity contribution in [3.8, 4) is 0 Å². The SMILES string of the molecule is CC(C)(C)OC(=O)N1CCNC2CCSCC21. The lowest BCUT2D eigenvalue weighted by molar-refractivity contribution is 0.00824. The maximum Gasteiger partial charge on any atom is 0.410 e. The maximum atomic E-state index is 12.1. The van der Waals surface area contributed by atoms with Crippen LogP contribution in [0.15, 0.2) is 0 Å². The van der Waals surface area contributed by atoms with Crippen LogP contribution in [0.5, 0.6) is 0 Å². The summed E-state index contributed by atoms with van der Waals surface area (Å²) in [5, 5.41) is 3.51. The molecule has 2 aliphatic heterocycles. The third kappa shape index (κ3) is 3.28. The Morgan fingerprint density at radius 1 is 1.47 bits per heavy atom. The summed E-state index contributed by atoms with van der Waals surface area (Å²) in [6.45, 7) is 7.39. The monoisotopic (exact) mass is 258 g/mol. The molecule has 2 heterocycles. The lowest BCUT2D eigenvalue weighted by atomic mass is 10.0. The van der Waals surface area contributed by atoms with E-state index in [0.717, 1.165) is 25.3 Å². The van der Waals surface area contributed by atoms with Crippen LogP contribution < -0.4 is 5.32 Å². The standard InChI is InChI=1S/C12H22N2O2S/c1-12(2,3)16-11(15)14-6-5-13-9-4-7-17-8-10(9)14/h9-10,13H,4-8H2,1-3H3. The summed E-state index contributed by atoms with van der Waals surface area (Å²) in [5.74, 6) is 2.22. The van der Waals surface area contributed by atoms with Gasteiger partial charge in [-0.15, -0.1) is 0 Å². The van der Waals surface area contributed by atoms with Gasteiger partial charge in [-0.05, 0) is 32.9 Å². The Morgan fingerprint density at radius 3 is 2.94 bits per heavy atom. The zero-order valence-corrected chi connectivity index (χ0v) is 11.7. The zero-order chi connectivity index (χ0) is 12.5. The van der Waals surface area contributed by atoms with E-state index in [4.69, 9.17) is 4.74 Å². The highest BCUT2D eigenvalue weighted by Crippen LogP contribution is 2.25. The van der Waals surface area contributed by atoms with Gasteiger partial charge >= 0.3 is 6.09 Å². The summed E-state index contributed by atoms with van der Waals surface area (Å²) in [4.78, 5) is 14.1. The van der Waals surface area contributed by atoms with Crippen LogP contribution in [-0.4, -0.2) is 53.3 Å². The van der Waals surface area contributed by atoms with Gasteiger partial charge in [0.15, 0.2) is 0 Å². The minimum Gasteiger partial charge on any atom is -0.444 e. The molecule has 0 aromatic heterocycles. The van der Waals surface area contributed by atoms with E-state index < -0.39 is 5.60 Å². The van der Waals surface area contributed by atoms with E-state index in [9.17, 15) is 4.79 Å². The van der Waals surface area contributed by atoms with E-state index >= 15 is 0 Å². The van der Waals surface area contributed by atoms with Crippen LogP contribution in [0.4, 0.5) is 4.79 Å². The van der Waals surface area contributed by atoms with Gasteiger partial charge in [0.05, 0.1) is 6.04 Å². The molecule has 2 atom stereocenters. The number of piperazine rings is 1. The van der Waals surface area contributed by atoms with Crippen molar-refractivity contribution in [2.24, 2.45) is 0 Å². The lowest BCUT2D eigenvalue weighted by Gasteiger charge is -2.44. The number of carbonyl (C=O) groups excluding carboxylic acids is 1. The molecule has 1 amide bonds. The topological polar surface area (TPSA) is 41.6 Å². The number of rotatable bonds is 0. The number of nitrogens with zero attached hydrogens (tertiary/aromatic N) is 1. The van der Waals surface area contributed by atoms with Gasteiger partial charge in [0.25, 0.3) is 0 Å². The lowest BCUT2D eigenvalue weighted by Crippen LogP contribution is -2.62. The minimum atomic E-state index is -0.404. The smallest absolute Gasteiger partial charge is 0.410 e. The minimum absolute atomic E-state index is 0.156. The normalized spacial score (nSPS) is 29.7. The molecule has 0 spiro atoms. The van der Waals surface area contributed by atoms with Gasteiger partial charge in [-0.1, -0.05) is 0 Å². The van der Waals surface area contributed by atoms with Crippen molar-refractivity contribution in [1.82, 2.24) is 10.2 Å². The summed E-state index contributed by atoms with van der Waals surface area (Å²) in [6.07, 6.45) is 0.991. The van der Waals surface area contributed by atoms with Gasteiger partial charge in [-0.3, -0.25) is 0 Å². The molecule has 5 heteroatoms. The largest absolute Gasteiger partial charge is 0.444 e. The van der Waals surface area contributed by atoms with Crippen LogP contribution in [0.1, 0.15) is 27.2 Å². The van der Waals surface area contributed by atoms with Gasteiger partial charge in [0.1, 0.15) is 5.60 Å². The van der Waals surface area contributed by atoms with Crippen molar-refractivity contribution in [2.45, 2.75) is 44.9 Å². The van der Waals surface area contributed by atoms with Gasteiger partial charge < -0.3 is 15.0 Å². The predicted octanol–water partition coefficient (Wildman–Crippen LogP) is 1.70. The average molecular weight is 258 g/mol. The van der Waals surface area contributed by atoms with Crippen LogP contribution in [0, 0.1) is 0 Å². The fourth-order valence-corrected chi connectivity index (χ4v) is 3.59. The van der Waals surface area contributed by atoms with Crippen LogP contribution in [0.2, 0.25) is 0 Å². The maximum absolute atomic E-state index is 12.1. The van der Waals surface area contributed by atoms with Crippen molar-refractivity contribution >= 4 is 17.9 Å². The number of carbonyl (C=O) groups is 1. The van der Waals surface area contributed by atoms with E-state index in [2.05, 4.69) is 5.32 Å². The summed E-state index contributed by atoms with van der Waals surface area (Å²) < 4.78 is 5.48. The fraction of sp³-hybridized carbons (Fsp3) is 0.917. The molecule has 2 fully saturated rings. The van der Waals surface area contributed by atoms with Crippen molar-refractivity contribution < 1.29 is 9.53 Å². The Hall–Kier alpha value is -0.420. The summed E-state index contributed by atoms with van der Waals surface area (Å²) >= 11 is 1.93.